The Morgan fingerprint density at radius 3 is 2.96 bits per heavy atom. The molecule has 3 heterocycles. The molecule has 1 N–H and O–H groups in total. The summed E-state index contributed by atoms with van der Waals surface area (Å²) in [6.45, 7) is 0. The van der Waals surface area contributed by atoms with Crippen LogP contribution in [0, 0.1) is 11.3 Å². The van der Waals surface area contributed by atoms with Gasteiger partial charge in [-0.2, -0.15) is 10.4 Å². The Kier molecular flexibility index (Phi) is 4.35. The molecule has 3 aromatic rings. The zero-order chi connectivity index (χ0) is 17.6. The van der Waals surface area contributed by atoms with E-state index in [2.05, 4.69) is 53.3 Å². The minimum Gasteiger partial charge on any atom is -0.311 e. The van der Waals surface area contributed by atoms with Crippen LogP contribution in [0.2, 0.25) is 0 Å². The van der Waals surface area contributed by atoms with Crippen LogP contribution in [-0.2, 0) is 12.8 Å². The SMILES string of the molecule is N#Cc1c(NC(=O)c2nn3cc(Br)cnc3c2Br)sc2c1CCCC2. The first-order chi connectivity index (χ1) is 12.1. The largest absolute Gasteiger partial charge is 0.311 e. The summed E-state index contributed by atoms with van der Waals surface area (Å²) in [5.41, 5.74) is 2.47. The minimum atomic E-state index is -0.358. The van der Waals surface area contributed by atoms with Crippen LogP contribution in [0.5, 0.6) is 0 Å². The minimum absolute atomic E-state index is 0.237. The molecular weight excluding hydrogens is 470 g/mol. The number of rotatable bonds is 2. The van der Waals surface area contributed by atoms with Crippen LogP contribution in [0.3, 0.4) is 0 Å². The number of amides is 1. The predicted octanol–water partition coefficient (Wildman–Crippen LogP) is 4.32. The number of fused-ring (bicyclic) bond motifs is 2. The summed E-state index contributed by atoms with van der Waals surface area (Å²) < 4.78 is 2.82. The average Bonchev–Trinajstić information content (AvgIpc) is 3.11. The molecule has 0 aromatic carbocycles. The lowest BCUT2D eigenvalue weighted by Gasteiger charge is -2.09. The summed E-state index contributed by atoms with van der Waals surface area (Å²) >= 11 is 8.23. The van der Waals surface area contributed by atoms with Gasteiger partial charge >= 0.3 is 0 Å². The molecule has 0 radical (unpaired) electrons. The molecule has 0 unspecified atom stereocenters. The van der Waals surface area contributed by atoms with E-state index in [4.69, 9.17) is 0 Å². The molecule has 0 spiro atoms. The van der Waals surface area contributed by atoms with Gasteiger partial charge in [-0.15, -0.1) is 11.3 Å². The van der Waals surface area contributed by atoms with Crippen LogP contribution >= 0.6 is 43.2 Å². The van der Waals surface area contributed by atoms with Crippen molar-refractivity contribution in [3.05, 3.63) is 43.0 Å². The second kappa shape index (κ2) is 6.52. The first kappa shape index (κ1) is 16.7. The molecule has 9 heteroatoms. The highest BCUT2D eigenvalue weighted by Gasteiger charge is 2.24. The van der Waals surface area contributed by atoms with E-state index in [0.29, 0.717) is 20.7 Å². The molecule has 0 saturated heterocycles. The molecule has 0 fully saturated rings. The molecule has 3 aromatic heterocycles. The molecule has 0 bridgehead atoms. The summed E-state index contributed by atoms with van der Waals surface area (Å²) in [5.74, 6) is -0.358. The number of nitrogens with zero attached hydrogens (tertiary/aromatic N) is 4. The van der Waals surface area contributed by atoms with Crippen molar-refractivity contribution in [3.63, 3.8) is 0 Å². The van der Waals surface area contributed by atoms with Crippen molar-refractivity contribution >= 4 is 59.8 Å². The summed E-state index contributed by atoms with van der Waals surface area (Å²) in [4.78, 5) is 18.2. The molecule has 6 nitrogen and oxygen atoms in total. The molecule has 0 atom stereocenters. The fraction of sp³-hybridized carbons (Fsp3) is 0.250. The highest BCUT2D eigenvalue weighted by Crippen LogP contribution is 2.38. The topological polar surface area (TPSA) is 83.1 Å². The van der Waals surface area contributed by atoms with Gasteiger partial charge in [0.15, 0.2) is 11.3 Å². The van der Waals surface area contributed by atoms with Crippen molar-refractivity contribution in [2.75, 3.05) is 5.32 Å². The first-order valence-corrected chi connectivity index (χ1v) is 10.0. The van der Waals surface area contributed by atoms with Gasteiger partial charge in [-0.1, -0.05) is 0 Å². The second-order valence-electron chi connectivity index (χ2n) is 5.68. The van der Waals surface area contributed by atoms with Crippen molar-refractivity contribution in [3.8, 4) is 6.07 Å². The fourth-order valence-corrected chi connectivity index (χ4v) is 5.04. The number of aromatic nitrogens is 3. The number of aryl methyl sites for hydroxylation is 1. The maximum atomic E-state index is 12.7. The van der Waals surface area contributed by atoms with Crippen LogP contribution in [0.4, 0.5) is 5.00 Å². The molecule has 126 valence electrons. The van der Waals surface area contributed by atoms with E-state index in [1.807, 2.05) is 0 Å². The van der Waals surface area contributed by atoms with Crippen LogP contribution in [0.25, 0.3) is 5.65 Å². The van der Waals surface area contributed by atoms with Crippen molar-refractivity contribution in [1.82, 2.24) is 14.6 Å². The van der Waals surface area contributed by atoms with E-state index < -0.39 is 0 Å². The van der Waals surface area contributed by atoms with Crippen molar-refractivity contribution in [2.45, 2.75) is 25.7 Å². The van der Waals surface area contributed by atoms with E-state index in [-0.39, 0.29) is 11.6 Å². The highest BCUT2D eigenvalue weighted by atomic mass is 79.9. The van der Waals surface area contributed by atoms with Gasteiger partial charge in [0.05, 0.1) is 14.5 Å². The van der Waals surface area contributed by atoms with E-state index in [1.165, 1.54) is 20.7 Å². The van der Waals surface area contributed by atoms with E-state index in [1.54, 1.807) is 12.4 Å². The maximum absolute atomic E-state index is 12.7. The normalized spacial score (nSPS) is 13.5. The third kappa shape index (κ3) is 2.88. The predicted molar refractivity (Wildman–Crippen MR) is 102 cm³/mol. The zero-order valence-corrected chi connectivity index (χ0v) is 16.8. The van der Waals surface area contributed by atoms with E-state index >= 15 is 0 Å². The molecular formula is C16H11Br2N5OS. The van der Waals surface area contributed by atoms with Gasteiger partial charge in [0.2, 0.25) is 0 Å². The quantitative estimate of drug-likeness (QED) is 0.592. The van der Waals surface area contributed by atoms with Gasteiger partial charge in [0.25, 0.3) is 5.91 Å². The Morgan fingerprint density at radius 2 is 2.16 bits per heavy atom. The van der Waals surface area contributed by atoms with Gasteiger partial charge in [0, 0.05) is 17.3 Å². The van der Waals surface area contributed by atoms with Crippen molar-refractivity contribution in [2.24, 2.45) is 0 Å². The second-order valence-corrected chi connectivity index (χ2v) is 8.50. The third-order valence-corrected chi connectivity index (χ3v) is 6.46. The third-order valence-electron chi connectivity index (χ3n) is 4.11. The standard InChI is InChI=1S/C16H11Br2N5OS/c17-8-6-20-14-12(18)13(22-23(14)7-8)15(24)21-16-10(5-19)9-3-1-2-4-11(9)25-16/h6-7H,1-4H2,(H,21,24). The van der Waals surface area contributed by atoms with Crippen LogP contribution in [-0.4, -0.2) is 20.5 Å². The first-order valence-electron chi connectivity index (χ1n) is 7.64. The molecule has 25 heavy (non-hydrogen) atoms. The van der Waals surface area contributed by atoms with E-state index in [0.717, 1.165) is 35.7 Å². The highest BCUT2D eigenvalue weighted by molar-refractivity contribution is 9.11. The lowest BCUT2D eigenvalue weighted by Crippen LogP contribution is -2.13. The van der Waals surface area contributed by atoms with Crippen molar-refractivity contribution in [1.29, 1.82) is 5.26 Å². The fourth-order valence-electron chi connectivity index (χ4n) is 2.96. The number of carbonyl (C=O) groups excluding carboxylic acids is 1. The molecule has 4 rings (SSSR count). The number of anilines is 1. The smallest absolute Gasteiger partial charge is 0.278 e. The summed E-state index contributed by atoms with van der Waals surface area (Å²) in [5, 5.41) is 17.3. The van der Waals surface area contributed by atoms with Gasteiger partial charge in [0.1, 0.15) is 11.1 Å². The molecule has 1 amide bonds. The Bertz CT molecular complexity index is 1050. The van der Waals surface area contributed by atoms with Gasteiger partial charge in [-0.3, -0.25) is 4.79 Å². The molecule has 0 saturated carbocycles. The lowest BCUT2D eigenvalue weighted by molar-refractivity contribution is 0.102. The van der Waals surface area contributed by atoms with Gasteiger partial charge < -0.3 is 5.32 Å². The molecule has 1 aliphatic rings. The zero-order valence-electron chi connectivity index (χ0n) is 12.8. The van der Waals surface area contributed by atoms with Crippen LogP contribution < -0.4 is 5.32 Å². The van der Waals surface area contributed by atoms with Crippen LogP contribution in [0.1, 0.15) is 39.3 Å². The Morgan fingerprint density at radius 1 is 1.36 bits per heavy atom. The summed E-state index contributed by atoms with van der Waals surface area (Å²) in [7, 11) is 0. The number of hydrogen-bond donors (Lipinski definition) is 1. The maximum Gasteiger partial charge on any atom is 0.278 e. The number of nitrogens with one attached hydrogen (secondary N) is 1. The number of hydrogen-bond acceptors (Lipinski definition) is 5. The van der Waals surface area contributed by atoms with Crippen LogP contribution in [0.15, 0.2) is 21.3 Å². The number of carbonyl (C=O) groups is 1. The Labute approximate surface area is 164 Å². The lowest BCUT2D eigenvalue weighted by atomic mass is 9.96. The van der Waals surface area contributed by atoms with Gasteiger partial charge in [-0.05, 0) is 63.1 Å². The Balaban J connectivity index is 1.70. The summed E-state index contributed by atoms with van der Waals surface area (Å²) in [6.07, 6.45) is 7.47. The number of halogens is 2. The average molecular weight is 481 g/mol. The Hall–Kier alpha value is -1.76. The molecule has 0 aliphatic heterocycles. The van der Waals surface area contributed by atoms with E-state index in [9.17, 15) is 10.1 Å². The monoisotopic (exact) mass is 479 g/mol. The number of thiophene rings is 1. The molecule has 1 aliphatic carbocycles. The number of nitriles is 1. The summed E-state index contributed by atoms with van der Waals surface area (Å²) in [6, 6.07) is 2.25. The van der Waals surface area contributed by atoms with Crippen molar-refractivity contribution < 1.29 is 4.79 Å². The van der Waals surface area contributed by atoms with Gasteiger partial charge in [-0.25, -0.2) is 9.50 Å².